The van der Waals surface area contributed by atoms with Gasteiger partial charge in [0.25, 0.3) is 0 Å². The average molecular weight is 445 g/mol. The number of primary amides is 1. The molecule has 5 unspecified atom stereocenters. The number of hydrogen-bond donors (Lipinski definition) is 7. The average Bonchev–Trinajstić information content (AvgIpc) is 2.67. The lowest BCUT2D eigenvalue weighted by atomic mass is 9.97. The van der Waals surface area contributed by atoms with Gasteiger partial charge in [0.2, 0.25) is 23.6 Å². The Hall–Kier alpha value is -3.22. The van der Waals surface area contributed by atoms with Crippen LogP contribution in [0.25, 0.3) is 0 Å². The minimum Gasteiger partial charge on any atom is -0.481 e. The van der Waals surface area contributed by atoms with Crippen LogP contribution < -0.4 is 27.4 Å². The highest BCUT2D eigenvalue weighted by Crippen LogP contribution is 2.10. The number of carbonyl (C=O) groups excluding carboxylic acids is 4. The SMILES string of the molecule is CCC(C)C(NC(=O)C(CCC(N)=O)NC(=O)C(N)CC(=O)O)C(=O)NC(C)C(=O)O. The maximum absolute atomic E-state index is 12.8. The first-order valence-corrected chi connectivity index (χ1v) is 9.69. The maximum Gasteiger partial charge on any atom is 0.325 e. The van der Waals surface area contributed by atoms with Gasteiger partial charge in [-0.25, -0.2) is 0 Å². The van der Waals surface area contributed by atoms with E-state index in [1.54, 1.807) is 13.8 Å². The first kappa shape index (κ1) is 27.8. The van der Waals surface area contributed by atoms with Crippen LogP contribution in [0.5, 0.6) is 0 Å². The zero-order valence-corrected chi connectivity index (χ0v) is 17.7. The fraction of sp³-hybridized carbons (Fsp3) is 0.667. The smallest absolute Gasteiger partial charge is 0.325 e. The Morgan fingerprint density at radius 1 is 0.903 bits per heavy atom. The molecule has 0 saturated heterocycles. The summed E-state index contributed by atoms with van der Waals surface area (Å²) in [5.41, 5.74) is 10.6. The molecule has 0 saturated carbocycles. The van der Waals surface area contributed by atoms with E-state index in [0.29, 0.717) is 6.42 Å². The molecule has 0 aliphatic rings. The van der Waals surface area contributed by atoms with Crippen LogP contribution in [-0.2, 0) is 28.8 Å². The molecular weight excluding hydrogens is 414 g/mol. The number of nitrogens with one attached hydrogen (secondary N) is 3. The third-order valence-corrected chi connectivity index (χ3v) is 4.57. The predicted octanol–water partition coefficient (Wildman–Crippen LogP) is -2.34. The Bertz CT molecular complexity index is 698. The number of nitrogens with two attached hydrogens (primary N) is 2. The molecule has 0 aromatic heterocycles. The third-order valence-electron chi connectivity index (χ3n) is 4.57. The second kappa shape index (κ2) is 13.2. The molecule has 4 amide bonds. The molecule has 5 atom stereocenters. The molecule has 0 heterocycles. The molecule has 0 spiro atoms. The lowest BCUT2D eigenvalue weighted by Crippen LogP contribution is -2.58. The number of aliphatic carboxylic acids is 2. The van der Waals surface area contributed by atoms with Crippen molar-refractivity contribution in [3.8, 4) is 0 Å². The Morgan fingerprint density at radius 2 is 1.48 bits per heavy atom. The standard InChI is InChI=1S/C18H31N5O8/c1-4-8(2)14(17(29)21-9(3)18(30)31)23-16(28)11(5-6-12(20)24)22-15(27)10(19)7-13(25)26/h8-11,14H,4-7,19H2,1-3H3,(H2,20,24)(H,21,29)(H,22,27)(H,23,28)(H,25,26)(H,30,31). The summed E-state index contributed by atoms with van der Waals surface area (Å²) in [6, 6.07) is -5.09. The van der Waals surface area contributed by atoms with Crippen LogP contribution >= 0.6 is 0 Å². The van der Waals surface area contributed by atoms with Gasteiger partial charge in [0.1, 0.15) is 18.1 Å². The lowest BCUT2D eigenvalue weighted by molar-refractivity contribution is -0.142. The van der Waals surface area contributed by atoms with Crippen LogP contribution in [0.1, 0.15) is 46.5 Å². The summed E-state index contributed by atoms with van der Waals surface area (Å²) in [6.45, 7) is 4.68. The number of carboxylic acid groups (broad SMARTS) is 2. The van der Waals surface area contributed by atoms with E-state index in [2.05, 4.69) is 16.0 Å². The summed E-state index contributed by atoms with van der Waals surface area (Å²) < 4.78 is 0. The highest BCUT2D eigenvalue weighted by Gasteiger charge is 2.32. The van der Waals surface area contributed by atoms with Crippen molar-refractivity contribution in [1.29, 1.82) is 0 Å². The van der Waals surface area contributed by atoms with Crippen LogP contribution in [0.4, 0.5) is 0 Å². The monoisotopic (exact) mass is 445 g/mol. The van der Waals surface area contributed by atoms with Gasteiger partial charge in [-0.2, -0.15) is 0 Å². The van der Waals surface area contributed by atoms with E-state index in [0.717, 1.165) is 0 Å². The molecular formula is C18H31N5O8. The van der Waals surface area contributed by atoms with Crippen LogP contribution in [0.15, 0.2) is 0 Å². The molecule has 0 aliphatic carbocycles. The van der Waals surface area contributed by atoms with Gasteiger partial charge >= 0.3 is 11.9 Å². The molecule has 0 bridgehead atoms. The van der Waals surface area contributed by atoms with Gasteiger partial charge in [0, 0.05) is 6.42 Å². The van der Waals surface area contributed by atoms with E-state index < -0.39 is 72.1 Å². The molecule has 9 N–H and O–H groups in total. The summed E-state index contributed by atoms with van der Waals surface area (Å²) in [4.78, 5) is 70.2. The molecule has 0 fully saturated rings. The summed E-state index contributed by atoms with van der Waals surface area (Å²) in [7, 11) is 0. The molecule has 0 radical (unpaired) electrons. The van der Waals surface area contributed by atoms with Crippen molar-refractivity contribution in [2.24, 2.45) is 17.4 Å². The third kappa shape index (κ3) is 10.4. The topological polar surface area (TPSA) is 231 Å². The Kier molecular flexibility index (Phi) is 11.8. The predicted molar refractivity (Wildman–Crippen MR) is 107 cm³/mol. The molecule has 13 heteroatoms. The van der Waals surface area contributed by atoms with Crippen molar-refractivity contribution in [2.75, 3.05) is 0 Å². The highest BCUT2D eigenvalue weighted by atomic mass is 16.4. The largest absolute Gasteiger partial charge is 0.481 e. The van der Waals surface area contributed by atoms with Gasteiger partial charge in [-0.1, -0.05) is 20.3 Å². The first-order valence-electron chi connectivity index (χ1n) is 9.69. The van der Waals surface area contributed by atoms with Gasteiger partial charge in [0.15, 0.2) is 0 Å². The van der Waals surface area contributed by atoms with Gasteiger partial charge in [-0.05, 0) is 19.3 Å². The molecule has 0 aliphatic heterocycles. The van der Waals surface area contributed by atoms with Gasteiger partial charge < -0.3 is 37.6 Å². The van der Waals surface area contributed by atoms with E-state index in [4.69, 9.17) is 21.7 Å². The van der Waals surface area contributed by atoms with Crippen LogP contribution in [-0.4, -0.2) is 69.9 Å². The summed E-state index contributed by atoms with van der Waals surface area (Å²) >= 11 is 0. The summed E-state index contributed by atoms with van der Waals surface area (Å²) in [5, 5.41) is 24.7. The second-order valence-electron chi connectivity index (χ2n) is 7.21. The van der Waals surface area contributed by atoms with Crippen molar-refractivity contribution in [2.45, 2.75) is 70.6 Å². The summed E-state index contributed by atoms with van der Waals surface area (Å²) in [6.07, 6.45) is -0.710. The van der Waals surface area contributed by atoms with E-state index in [-0.39, 0.29) is 12.8 Å². The second-order valence-corrected chi connectivity index (χ2v) is 7.21. The van der Waals surface area contributed by atoms with Crippen LogP contribution in [0, 0.1) is 5.92 Å². The van der Waals surface area contributed by atoms with Gasteiger partial charge in [0.05, 0.1) is 12.5 Å². The number of amides is 4. The minimum atomic E-state index is -1.44. The Labute approximate surface area is 179 Å². The van der Waals surface area contributed by atoms with Crippen molar-refractivity contribution in [3.05, 3.63) is 0 Å². The fourth-order valence-corrected chi connectivity index (χ4v) is 2.44. The molecule has 13 nitrogen and oxygen atoms in total. The first-order chi connectivity index (χ1) is 14.3. The van der Waals surface area contributed by atoms with Crippen molar-refractivity contribution >= 4 is 35.6 Å². The number of carboxylic acids is 2. The van der Waals surface area contributed by atoms with E-state index in [1.807, 2.05) is 0 Å². The fourth-order valence-electron chi connectivity index (χ4n) is 2.44. The number of carbonyl (C=O) groups is 6. The number of rotatable bonds is 14. The molecule has 0 aromatic rings. The highest BCUT2D eigenvalue weighted by molar-refractivity contribution is 5.95. The zero-order chi connectivity index (χ0) is 24.3. The molecule has 176 valence electrons. The minimum absolute atomic E-state index is 0.215. The van der Waals surface area contributed by atoms with Gasteiger partial charge in [-0.3, -0.25) is 28.8 Å². The molecule has 0 aromatic carbocycles. The lowest BCUT2D eigenvalue weighted by Gasteiger charge is -2.27. The van der Waals surface area contributed by atoms with E-state index >= 15 is 0 Å². The van der Waals surface area contributed by atoms with Crippen molar-refractivity contribution in [1.82, 2.24) is 16.0 Å². The van der Waals surface area contributed by atoms with Crippen LogP contribution in [0.3, 0.4) is 0 Å². The van der Waals surface area contributed by atoms with E-state index in [9.17, 15) is 28.8 Å². The zero-order valence-electron chi connectivity index (χ0n) is 17.7. The van der Waals surface area contributed by atoms with Crippen molar-refractivity contribution in [3.63, 3.8) is 0 Å². The van der Waals surface area contributed by atoms with Crippen LogP contribution in [0.2, 0.25) is 0 Å². The van der Waals surface area contributed by atoms with E-state index in [1.165, 1.54) is 6.92 Å². The Balaban J connectivity index is 5.48. The van der Waals surface area contributed by atoms with Crippen molar-refractivity contribution < 1.29 is 39.0 Å². The number of hydrogen-bond acceptors (Lipinski definition) is 7. The van der Waals surface area contributed by atoms with Gasteiger partial charge in [-0.15, -0.1) is 0 Å². The maximum atomic E-state index is 12.8. The molecule has 0 rings (SSSR count). The summed E-state index contributed by atoms with van der Waals surface area (Å²) in [5.74, 6) is -6.22. The molecule has 31 heavy (non-hydrogen) atoms. The quantitative estimate of drug-likeness (QED) is 0.151. The Morgan fingerprint density at radius 3 is 1.94 bits per heavy atom. The normalized spacial score (nSPS) is 15.5.